The zero-order valence-corrected chi connectivity index (χ0v) is 8.92. The highest BCUT2D eigenvalue weighted by molar-refractivity contribution is 9.10. The Morgan fingerprint density at radius 1 is 1.82 bits per heavy atom. The summed E-state index contributed by atoms with van der Waals surface area (Å²) >= 11 is 10.6. The van der Waals surface area contributed by atoms with Crippen molar-refractivity contribution in [3.05, 3.63) is 20.3 Å². The third kappa shape index (κ3) is 1.96. The molecule has 1 unspecified atom stereocenters. The lowest BCUT2D eigenvalue weighted by Gasteiger charge is -1.90. The Morgan fingerprint density at radius 3 is 2.82 bits per heavy atom. The number of nitriles is 1. The monoisotopic (exact) mass is 249 g/mol. The van der Waals surface area contributed by atoms with Gasteiger partial charge < -0.3 is 0 Å². The van der Waals surface area contributed by atoms with Crippen molar-refractivity contribution in [2.75, 3.05) is 0 Å². The molecule has 0 saturated heterocycles. The van der Waals surface area contributed by atoms with E-state index < -0.39 is 5.38 Å². The van der Waals surface area contributed by atoms with Gasteiger partial charge in [0, 0.05) is 14.2 Å². The molecule has 1 aromatic heterocycles. The molecule has 0 N–H and O–H groups in total. The summed E-state index contributed by atoms with van der Waals surface area (Å²) in [5, 5.41) is 7.99. The highest BCUT2D eigenvalue weighted by Gasteiger charge is 2.10. The van der Waals surface area contributed by atoms with Gasteiger partial charge in [-0.05, 0) is 28.9 Å². The van der Waals surface area contributed by atoms with Crippen molar-refractivity contribution in [3.8, 4) is 6.07 Å². The SMILES string of the molecule is Cc1sc(C(Cl)C#N)cc1Br. The van der Waals surface area contributed by atoms with Gasteiger partial charge in [-0.1, -0.05) is 0 Å². The number of alkyl halides is 1. The summed E-state index contributed by atoms with van der Waals surface area (Å²) in [5.41, 5.74) is 0. The van der Waals surface area contributed by atoms with Crippen LogP contribution in [-0.2, 0) is 0 Å². The van der Waals surface area contributed by atoms with Crippen LogP contribution in [0.15, 0.2) is 10.5 Å². The molecule has 0 spiro atoms. The van der Waals surface area contributed by atoms with Crippen molar-refractivity contribution in [3.63, 3.8) is 0 Å². The minimum atomic E-state index is -0.509. The molecule has 0 saturated carbocycles. The van der Waals surface area contributed by atoms with E-state index in [1.54, 1.807) is 11.3 Å². The molecule has 1 atom stereocenters. The number of rotatable bonds is 1. The first-order valence-electron chi connectivity index (χ1n) is 2.94. The maximum absolute atomic E-state index is 8.50. The van der Waals surface area contributed by atoms with Crippen LogP contribution in [0.25, 0.3) is 0 Å². The van der Waals surface area contributed by atoms with E-state index in [9.17, 15) is 0 Å². The van der Waals surface area contributed by atoms with Crippen LogP contribution in [-0.4, -0.2) is 0 Å². The fourth-order valence-electron chi connectivity index (χ4n) is 0.670. The molecule has 11 heavy (non-hydrogen) atoms. The van der Waals surface area contributed by atoms with E-state index in [-0.39, 0.29) is 0 Å². The molecule has 1 rings (SSSR count). The predicted molar refractivity (Wildman–Crippen MR) is 51.0 cm³/mol. The number of thiophene rings is 1. The van der Waals surface area contributed by atoms with Crippen molar-refractivity contribution >= 4 is 38.9 Å². The quantitative estimate of drug-likeness (QED) is 0.698. The third-order valence-corrected chi connectivity index (χ3v) is 3.90. The summed E-state index contributed by atoms with van der Waals surface area (Å²) in [6.45, 7) is 1.99. The van der Waals surface area contributed by atoms with E-state index >= 15 is 0 Å². The molecule has 1 nitrogen and oxygen atoms in total. The summed E-state index contributed by atoms with van der Waals surface area (Å²) in [5.74, 6) is 0. The number of aryl methyl sites for hydroxylation is 1. The molecule has 4 heteroatoms. The molecule has 1 heterocycles. The summed E-state index contributed by atoms with van der Waals surface area (Å²) in [4.78, 5) is 2.06. The van der Waals surface area contributed by atoms with Crippen LogP contribution >= 0.6 is 38.9 Å². The summed E-state index contributed by atoms with van der Waals surface area (Å²) < 4.78 is 1.03. The minimum Gasteiger partial charge on any atom is -0.196 e. The fourth-order valence-corrected chi connectivity index (χ4v) is 2.35. The fraction of sp³-hybridized carbons (Fsp3) is 0.286. The highest BCUT2D eigenvalue weighted by atomic mass is 79.9. The molecule has 0 aliphatic carbocycles. The van der Waals surface area contributed by atoms with Crippen LogP contribution in [0.5, 0.6) is 0 Å². The predicted octanol–water partition coefficient (Wildman–Crippen LogP) is 3.62. The molecule has 0 aromatic carbocycles. The highest BCUT2D eigenvalue weighted by Crippen LogP contribution is 2.32. The van der Waals surface area contributed by atoms with Gasteiger partial charge in [0.1, 0.15) is 0 Å². The molecule has 0 bridgehead atoms. The first-order chi connectivity index (χ1) is 5.15. The zero-order valence-electron chi connectivity index (χ0n) is 5.77. The molecule has 0 aliphatic heterocycles. The molecule has 1 aromatic rings. The molecule has 0 radical (unpaired) electrons. The van der Waals surface area contributed by atoms with Gasteiger partial charge in [0.05, 0.1) is 6.07 Å². The molecular weight excluding hydrogens is 246 g/mol. The lowest BCUT2D eigenvalue weighted by Crippen LogP contribution is -1.77. The first kappa shape index (κ1) is 9.05. The van der Waals surface area contributed by atoms with E-state index in [0.29, 0.717) is 0 Å². The van der Waals surface area contributed by atoms with Gasteiger partial charge >= 0.3 is 0 Å². The van der Waals surface area contributed by atoms with Crippen molar-refractivity contribution in [1.82, 2.24) is 0 Å². The van der Waals surface area contributed by atoms with Crippen LogP contribution in [0.3, 0.4) is 0 Å². The molecule has 0 fully saturated rings. The van der Waals surface area contributed by atoms with E-state index in [4.69, 9.17) is 16.9 Å². The van der Waals surface area contributed by atoms with Gasteiger partial charge in [0.15, 0.2) is 5.38 Å². The average Bonchev–Trinajstić information content (AvgIpc) is 2.31. The molecule has 0 aliphatic rings. The van der Waals surface area contributed by atoms with Crippen LogP contribution in [0.4, 0.5) is 0 Å². The number of hydrogen-bond acceptors (Lipinski definition) is 2. The van der Waals surface area contributed by atoms with Crippen LogP contribution in [0, 0.1) is 18.3 Å². The second-order valence-corrected chi connectivity index (χ2v) is 4.62. The maximum atomic E-state index is 8.50. The Hall–Kier alpha value is -0.0400. The van der Waals surface area contributed by atoms with Crippen molar-refractivity contribution in [1.29, 1.82) is 5.26 Å². The zero-order chi connectivity index (χ0) is 8.43. The standard InChI is InChI=1S/C7H5BrClNS/c1-4-5(8)2-7(11-4)6(9)3-10/h2,6H,1H3. The van der Waals surface area contributed by atoms with Gasteiger partial charge in [-0.25, -0.2) is 0 Å². The maximum Gasteiger partial charge on any atom is 0.154 e. The minimum absolute atomic E-state index is 0.509. The normalized spacial score (nSPS) is 12.5. The van der Waals surface area contributed by atoms with Gasteiger partial charge in [-0.2, -0.15) is 5.26 Å². The summed E-state index contributed by atoms with van der Waals surface area (Å²) in [6.07, 6.45) is 0. The van der Waals surface area contributed by atoms with Crippen molar-refractivity contribution in [2.45, 2.75) is 12.3 Å². The van der Waals surface area contributed by atoms with E-state index in [1.165, 1.54) is 0 Å². The summed E-state index contributed by atoms with van der Waals surface area (Å²) in [6, 6.07) is 3.87. The van der Waals surface area contributed by atoms with Gasteiger partial charge in [0.2, 0.25) is 0 Å². The Labute approximate surface area is 82.7 Å². The Morgan fingerprint density at radius 2 is 2.45 bits per heavy atom. The van der Waals surface area contributed by atoms with Crippen LogP contribution in [0.2, 0.25) is 0 Å². The van der Waals surface area contributed by atoms with Crippen molar-refractivity contribution < 1.29 is 0 Å². The molecular formula is C7H5BrClNS. The second kappa shape index (κ2) is 3.57. The smallest absolute Gasteiger partial charge is 0.154 e. The molecule has 58 valence electrons. The number of halogens is 2. The molecule has 0 amide bonds. The second-order valence-electron chi connectivity index (χ2n) is 2.04. The van der Waals surface area contributed by atoms with Crippen LogP contribution < -0.4 is 0 Å². The number of hydrogen-bond donors (Lipinski definition) is 0. The van der Waals surface area contributed by atoms with E-state index in [1.807, 2.05) is 19.1 Å². The Bertz CT molecular complexity index is 282. The van der Waals surface area contributed by atoms with E-state index in [2.05, 4.69) is 15.9 Å². The van der Waals surface area contributed by atoms with Gasteiger partial charge in [-0.3, -0.25) is 0 Å². The lowest BCUT2D eigenvalue weighted by atomic mass is 10.3. The first-order valence-corrected chi connectivity index (χ1v) is 4.99. The Balaban J connectivity index is 2.99. The summed E-state index contributed by atoms with van der Waals surface area (Å²) in [7, 11) is 0. The number of nitrogens with zero attached hydrogens (tertiary/aromatic N) is 1. The van der Waals surface area contributed by atoms with Crippen LogP contribution in [0.1, 0.15) is 15.1 Å². The average molecular weight is 251 g/mol. The lowest BCUT2D eigenvalue weighted by molar-refractivity contribution is 1.26. The van der Waals surface area contributed by atoms with Gasteiger partial charge in [0.25, 0.3) is 0 Å². The van der Waals surface area contributed by atoms with Gasteiger partial charge in [-0.15, -0.1) is 22.9 Å². The van der Waals surface area contributed by atoms with E-state index in [0.717, 1.165) is 14.2 Å². The Kier molecular flexibility index (Phi) is 2.94. The largest absolute Gasteiger partial charge is 0.196 e. The topological polar surface area (TPSA) is 23.8 Å². The van der Waals surface area contributed by atoms with Crippen molar-refractivity contribution in [2.24, 2.45) is 0 Å². The third-order valence-electron chi connectivity index (χ3n) is 1.24.